The number of carbonyl (C=O) groups excluding carboxylic acids is 1. The average Bonchev–Trinajstić information content (AvgIpc) is 2.61. The number of methoxy groups -OCH3 is 3. The van der Waals surface area contributed by atoms with Crippen molar-refractivity contribution in [1.29, 1.82) is 0 Å². The molecular formula is C18H22N2O4. The number of carbonyl (C=O) groups is 1. The number of ether oxygens (including phenoxy) is 3. The number of hydrogen-bond acceptors (Lipinski definition) is 5. The molecule has 0 bridgehead atoms. The maximum Gasteiger partial charge on any atom is 0.226 e. The van der Waals surface area contributed by atoms with Crippen LogP contribution in [0.3, 0.4) is 0 Å². The lowest BCUT2D eigenvalue weighted by Crippen LogP contribution is -2.16. The third-order valence-corrected chi connectivity index (χ3v) is 3.43. The Bertz CT molecular complexity index is 688. The van der Waals surface area contributed by atoms with Crippen molar-refractivity contribution in [2.24, 2.45) is 0 Å². The van der Waals surface area contributed by atoms with Gasteiger partial charge in [0.1, 0.15) is 17.2 Å². The van der Waals surface area contributed by atoms with E-state index in [1.54, 1.807) is 27.4 Å². The second kappa shape index (κ2) is 8.67. The molecule has 0 fully saturated rings. The fourth-order valence-electron chi connectivity index (χ4n) is 2.19. The summed E-state index contributed by atoms with van der Waals surface area (Å²) in [5.41, 5.74) is 1.49. The van der Waals surface area contributed by atoms with E-state index in [1.807, 2.05) is 36.4 Å². The summed E-state index contributed by atoms with van der Waals surface area (Å²) in [6.45, 7) is 0.472. The maximum absolute atomic E-state index is 12.0. The number of anilines is 2. The zero-order valence-corrected chi connectivity index (χ0v) is 14.1. The summed E-state index contributed by atoms with van der Waals surface area (Å²) in [5, 5.41) is 6.03. The van der Waals surface area contributed by atoms with Crippen LogP contribution >= 0.6 is 0 Å². The Balaban J connectivity index is 1.88. The van der Waals surface area contributed by atoms with E-state index in [4.69, 9.17) is 14.2 Å². The summed E-state index contributed by atoms with van der Waals surface area (Å²) in [6, 6.07) is 12.7. The van der Waals surface area contributed by atoms with E-state index in [9.17, 15) is 4.79 Å². The van der Waals surface area contributed by atoms with E-state index >= 15 is 0 Å². The van der Waals surface area contributed by atoms with Gasteiger partial charge in [0.15, 0.2) is 0 Å². The average molecular weight is 330 g/mol. The van der Waals surface area contributed by atoms with Gasteiger partial charge in [-0.2, -0.15) is 0 Å². The van der Waals surface area contributed by atoms with Gasteiger partial charge in [-0.05, 0) is 24.3 Å². The summed E-state index contributed by atoms with van der Waals surface area (Å²) >= 11 is 0. The van der Waals surface area contributed by atoms with Crippen molar-refractivity contribution in [1.82, 2.24) is 0 Å². The molecule has 6 nitrogen and oxygen atoms in total. The molecular weight excluding hydrogens is 308 g/mol. The third kappa shape index (κ3) is 4.81. The molecule has 6 heteroatoms. The Morgan fingerprint density at radius 3 is 2.42 bits per heavy atom. The largest absolute Gasteiger partial charge is 0.497 e. The highest BCUT2D eigenvalue weighted by Crippen LogP contribution is 2.28. The van der Waals surface area contributed by atoms with E-state index < -0.39 is 0 Å². The van der Waals surface area contributed by atoms with E-state index in [-0.39, 0.29) is 5.91 Å². The summed E-state index contributed by atoms with van der Waals surface area (Å²) in [6.07, 6.45) is 0.317. The van der Waals surface area contributed by atoms with Crippen molar-refractivity contribution in [3.63, 3.8) is 0 Å². The lowest BCUT2D eigenvalue weighted by molar-refractivity contribution is -0.115. The topological polar surface area (TPSA) is 68.8 Å². The number of benzene rings is 2. The highest BCUT2D eigenvalue weighted by atomic mass is 16.5. The molecule has 2 rings (SSSR count). The normalized spacial score (nSPS) is 9.96. The maximum atomic E-state index is 12.0. The number of hydrogen-bond donors (Lipinski definition) is 2. The molecule has 0 spiro atoms. The molecule has 2 N–H and O–H groups in total. The quantitative estimate of drug-likeness (QED) is 0.778. The molecule has 128 valence electrons. The Labute approximate surface area is 141 Å². The van der Waals surface area contributed by atoms with Crippen molar-refractivity contribution in [2.45, 2.75) is 6.42 Å². The minimum atomic E-state index is -0.0855. The number of nitrogens with one attached hydrogen (secondary N) is 2. The molecule has 0 radical (unpaired) electrons. The second-order valence-corrected chi connectivity index (χ2v) is 5.02. The molecule has 0 aliphatic heterocycles. The molecule has 24 heavy (non-hydrogen) atoms. The van der Waals surface area contributed by atoms with Gasteiger partial charge < -0.3 is 24.8 Å². The van der Waals surface area contributed by atoms with Crippen LogP contribution in [-0.4, -0.2) is 33.8 Å². The summed E-state index contributed by atoms with van der Waals surface area (Å²) in [4.78, 5) is 12.0. The first-order chi connectivity index (χ1) is 11.7. The molecule has 0 unspecified atom stereocenters. The van der Waals surface area contributed by atoms with Crippen LogP contribution in [-0.2, 0) is 4.79 Å². The first-order valence-corrected chi connectivity index (χ1v) is 7.56. The van der Waals surface area contributed by atoms with E-state index in [1.165, 1.54) is 0 Å². The lowest BCUT2D eigenvalue weighted by atomic mass is 10.2. The summed E-state index contributed by atoms with van der Waals surface area (Å²) < 4.78 is 15.6. The van der Waals surface area contributed by atoms with E-state index in [2.05, 4.69) is 10.6 Å². The fraction of sp³-hybridized carbons (Fsp3) is 0.278. The van der Waals surface area contributed by atoms with Gasteiger partial charge in [0.25, 0.3) is 0 Å². The third-order valence-electron chi connectivity index (χ3n) is 3.43. The smallest absolute Gasteiger partial charge is 0.226 e. The number of rotatable bonds is 8. The SMILES string of the molecule is COc1cccc(NC(=O)CCNc2cc(OC)ccc2OC)c1. The predicted molar refractivity (Wildman–Crippen MR) is 94.3 cm³/mol. The van der Waals surface area contributed by atoms with Gasteiger partial charge in [-0.25, -0.2) is 0 Å². The van der Waals surface area contributed by atoms with Crippen molar-refractivity contribution >= 4 is 17.3 Å². The fourth-order valence-corrected chi connectivity index (χ4v) is 2.19. The molecule has 0 aliphatic rings. The van der Waals surface area contributed by atoms with Crippen molar-refractivity contribution in [3.8, 4) is 17.2 Å². The Kier molecular flexibility index (Phi) is 6.31. The van der Waals surface area contributed by atoms with Gasteiger partial charge in [-0.1, -0.05) is 6.07 Å². The molecule has 0 aliphatic carbocycles. The lowest BCUT2D eigenvalue weighted by Gasteiger charge is -2.12. The van der Waals surface area contributed by atoms with E-state index in [0.717, 1.165) is 11.4 Å². The van der Waals surface area contributed by atoms with Crippen LogP contribution in [0.2, 0.25) is 0 Å². The molecule has 2 aromatic rings. The standard InChI is InChI=1S/C18H22N2O4/c1-22-14-6-4-5-13(11-14)20-18(21)9-10-19-16-12-15(23-2)7-8-17(16)24-3/h4-8,11-12,19H,9-10H2,1-3H3,(H,20,21). The van der Waals surface area contributed by atoms with E-state index in [0.29, 0.717) is 30.2 Å². The van der Waals surface area contributed by atoms with Gasteiger partial charge in [-0.15, -0.1) is 0 Å². The first-order valence-electron chi connectivity index (χ1n) is 7.56. The molecule has 0 saturated heterocycles. The zero-order valence-electron chi connectivity index (χ0n) is 14.1. The summed E-state index contributed by atoms with van der Waals surface area (Å²) in [5.74, 6) is 2.03. The minimum absolute atomic E-state index is 0.0855. The Morgan fingerprint density at radius 2 is 1.71 bits per heavy atom. The monoisotopic (exact) mass is 330 g/mol. The highest BCUT2D eigenvalue weighted by Gasteiger charge is 2.07. The Hall–Kier alpha value is -2.89. The molecule has 0 atom stereocenters. The van der Waals surface area contributed by atoms with Gasteiger partial charge >= 0.3 is 0 Å². The Morgan fingerprint density at radius 1 is 0.958 bits per heavy atom. The van der Waals surface area contributed by atoms with Crippen LogP contribution in [0.25, 0.3) is 0 Å². The number of amides is 1. The minimum Gasteiger partial charge on any atom is -0.497 e. The van der Waals surface area contributed by atoms with Crippen molar-refractivity contribution in [3.05, 3.63) is 42.5 Å². The van der Waals surface area contributed by atoms with Crippen LogP contribution in [0.5, 0.6) is 17.2 Å². The molecule has 0 heterocycles. The molecule has 0 saturated carbocycles. The van der Waals surface area contributed by atoms with Gasteiger partial charge in [0.05, 0.1) is 27.0 Å². The zero-order chi connectivity index (χ0) is 17.4. The van der Waals surface area contributed by atoms with Crippen LogP contribution < -0.4 is 24.8 Å². The molecule has 1 amide bonds. The van der Waals surface area contributed by atoms with Crippen LogP contribution in [0, 0.1) is 0 Å². The molecule has 0 aromatic heterocycles. The second-order valence-electron chi connectivity index (χ2n) is 5.02. The summed E-state index contributed by atoms with van der Waals surface area (Å²) in [7, 11) is 4.79. The van der Waals surface area contributed by atoms with Crippen molar-refractivity contribution in [2.75, 3.05) is 38.5 Å². The predicted octanol–water partition coefficient (Wildman–Crippen LogP) is 3.15. The van der Waals surface area contributed by atoms with Gasteiger partial charge in [0.2, 0.25) is 5.91 Å². The van der Waals surface area contributed by atoms with Crippen LogP contribution in [0.4, 0.5) is 11.4 Å². The first kappa shape index (κ1) is 17.5. The molecule has 2 aromatic carbocycles. The van der Waals surface area contributed by atoms with Crippen molar-refractivity contribution < 1.29 is 19.0 Å². The van der Waals surface area contributed by atoms with Crippen LogP contribution in [0.1, 0.15) is 6.42 Å². The highest BCUT2D eigenvalue weighted by molar-refractivity contribution is 5.91. The van der Waals surface area contributed by atoms with Gasteiger partial charge in [-0.3, -0.25) is 4.79 Å². The van der Waals surface area contributed by atoms with Crippen LogP contribution in [0.15, 0.2) is 42.5 Å². The van der Waals surface area contributed by atoms with Gasteiger partial charge in [0, 0.05) is 30.8 Å².